The number of oxime groups is 1. The Morgan fingerprint density at radius 1 is 1.17 bits per heavy atom. The molecule has 0 spiro atoms. The molecule has 2 aromatic carbocycles. The normalized spacial score (nSPS) is 11.5. The second-order valence-corrected chi connectivity index (χ2v) is 6.17. The number of carbonyl (C=O) groups is 1. The van der Waals surface area contributed by atoms with Gasteiger partial charge in [-0.25, -0.2) is 4.79 Å². The summed E-state index contributed by atoms with van der Waals surface area (Å²) < 4.78 is 6.82. The van der Waals surface area contributed by atoms with Crippen molar-refractivity contribution in [3.8, 4) is 0 Å². The van der Waals surface area contributed by atoms with E-state index in [1.807, 2.05) is 54.6 Å². The predicted molar refractivity (Wildman–Crippen MR) is 96.9 cm³/mol. The highest BCUT2D eigenvalue weighted by Gasteiger charge is 2.15. The molecule has 0 aliphatic carbocycles. The number of furan rings is 1. The quantitative estimate of drug-likeness (QED) is 0.273. The number of rotatable bonds is 4. The lowest BCUT2D eigenvalue weighted by molar-refractivity contribution is -0.138. The van der Waals surface area contributed by atoms with Gasteiger partial charge in [0.2, 0.25) is 0 Å². The van der Waals surface area contributed by atoms with E-state index >= 15 is 0 Å². The van der Waals surface area contributed by atoms with Crippen LogP contribution >= 0.6 is 15.9 Å². The molecule has 0 saturated heterocycles. The van der Waals surface area contributed by atoms with E-state index in [1.165, 1.54) is 0 Å². The fourth-order valence-corrected chi connectivity index (χ4v) is 2.51. The highest BCUT2D eigenvalue weighted by molar-refractivity contribution is 9.10. The SMILES string of the molecule is C=C(C)C(=O)O/N=C(\c1ccccc1)c1cc2cc(Br)ccc2o1. The lowest BCUT2D eigenvalue weighted by Gasteiger charge is -2.03. The van der Waals surface area contributed by atoms with Crippen molar-refractivity contribution < 1.29 is 14.0 Å². The third-order valence-electron chi connectivity index (χ3n) is 3.33. The molecule has 0 unspecified atom stereocenters. The number of hydrogen-bond donors (Lipinski definition) is 0. The molecular weight excluding hydrogens is 370 g/mol. The van der Waals surface area contributed by atoms with Crippen molar-refractivity contribution in [3.05, 3.63) is 82.5 Å². The fourth-order valence-electron chi connectivity index (χ4n) is 2.13. The summed E-state index contributed by atoms with van der Waals surface area (Å²) in [6.07, 6.45) is 0. The maximum atomic E-state index is 11.7. The lowest BCUT2D eigenvalue weighted by atomic mass is 10.1. The molecule has 0 fully saturated rings. The lowest BCUT2D eigenvalue weighted by Crippen LogP contribution is -2.07. The monoisotopic (exact) mass is 383 g/mol. The molecule has 0 aliphatic heterocycles. The minimum absolute atomic E-state index is 0.277. The zero-order valence-electron chi connectivity index (χ0n) is 13.0. The first kappa shape index (κ1) is 16.2. The third kappa shape index (κ3) is 3.46. The summed E-state index contributed by atoms with van der Waals surface area (Å²) in [6, 6.07) is 17.0. The van der Waals surface area contributed by atoms with Crippen LogP contribution in [0.1, 0.15) is 18.2 Å². The van der Waals surface area contributed by atoms with Crippen LogP contribution in [0.25, 0.3) is 11.0 Å². The standard InChI is InChI=1S/C19H14BrNO3/c1-12(2)19(22)24-21-18(13-6-4-3-5-7-13)17-11-14-10-15(20)8-9-16(14)23-17/h3-11H,1H2,2H3/b21-18+. The van der Waals surface area contributed by atoms with Crippen LogP contribution in [0.5, 0.6) is 0 Å². The van der Waals surface area contributed by atoms with Crippen molar-refractivity contribution in [1.29, 1.82) is 0 Å². The van der Waals surface area contributed by atoms with Gasteiger partial charge in [-0.1, -0.05) is 58.0 Å². The molecule has 1 heterocycles. The van der Waals surface area contributed by atoms with Crippen LogP contribution in [-0.2, 0) is 9.63 Å². The first-order chi connectivity index (χ1) is 11.5. The average molecular weight is 384 g/mol. The molecule has 0 saturated carbocycles. The van der Waals surface area contributed by atoms with Crippen molar-refractivity contribution in [2.75, 3.05) is 0 Å². The first-order valence-corrected chi connectivity index (χ1v) is 8.03. The number of nitrogens with zero attached hydrogens (tertiary/aromatic N) is 1. The molecule has 4 nitrogen and oxygen atoms in total. The molecule has 0 aliphatic rings. The molecular formula is C19H14BrNO3. The van der Waals surface area contributed by atoms with Gasteiger partial charge < -0.3 is 9.25 Å². The molecule has 3 rings (SSSR count). The Kier molecular flexibility index (Phi) is 4.62. The van der Waals surface area contributed by atoms with Crippen LogP contribution in [0.3, 0.4) is 0 Å². The van der Waals surface area contributed by atoms with Gasteiger partial charge in [0.25, 0.3) is 0 Å². The van der Waals surface area contributed by atoms with E-state index in [0.29, 0.717) is 11.5 Å². The second-order valence-electron chi connectivity index (χ2n) is 5.26. The first-order valence-electron chi connectivity index (χ1n) is 7.24. The van der Waals surface area contributed by atoms with Crippen molar-refractivity contribution in [2.45, 2.75) is 6.92 Å². The molecule has 0 amide bonds. The van der Waals surface area contributed by atoms with E-state index < -0.39 is 5.97 Å². The molecule has 3 aromatic rings. The summed E-state index contributed by atoms with van der Waals surface area (Å²) >= 11 is 3.44. The summed E-state index contributed by atoms with van der Waals surface area (Å²) in [5.74, 6) is -0.0638. The number of carbonyl (C=O) groups excluding carboxylic acids is 1. The zero-order valence-corrected chi connectivity index (χ0v) is 14.5. The number of hydrogen-bond acceptors (Lipinski definition) is 4. The Labute approximate surface area is 147 Å². The van der Waals surface area contributed by atoms with E-state index in [-0.39, 0.29) is 5.57 Å². The van der Waals surface area contributed by atoms with Crippen LogP contribution in [0.2, 0.25) is 0 Å². The molecule has 120 valence electrons. The Morgan fingerprint density at radius 3 is 2.62 bits per heavy atom. The summed E-state index contributed by atoms with van der Waals surface area (Å²) in [5, 5.41) is 4.93. The van der Waals surface area contributed by atoms with Crippen LogP contribution in [-0.4, -0.2) is 11.7 Å². The van der Waals surface area contributed by atoms with Gasteiger partial charge in [0.05, 0.1) is 0 Å². The predicted octanol–water partition coefficient (Wildman–Crippen LogP) is 5.07. The third-order valence-corrected chi connectivity index (χ3v) is 3.82. The van der Waals surface area contributed by atoms with Gasteiger partial charge in [0, 0.05) is 21.0 Å². The van der Waals surface area contributed by atoms with E-state index in [2.05, 4.69) is 27.7 Å². The smallest absolute Gasteiger partial charge is 0.360 e. The topological polar surface area (TPSA) is 51.8 Å². The molecule has 24 heavy (non-hydrogen) atoms. The van der Waals surface area contributed by atoms with Gasteiger partial charge in [-0.2, -0.15) is 0 Å². The average Bonchev–Trinajstić information content (AvgIpc) is 2.98. The van der Waals surface area contributed by atoms with Gasteiger partial charge >= 0.3 is 5.97 Å². The van der Waals surface area contributed by atoms with E-state index in [9.17, 15) is 4.79 Å². The van der Waals surface area contributed by atoms with Crippen LogP contribution in [0, 0.1) is 0 Å². The zero-order chi connectivity index (χ0) is 17.1. The van der Waals surface area contributed by atoms with E-state index in [4.69, 9.17) is 9.25 Å². The minimum Gasteiger partial charge on any atom is -0.454 e. The van der Waals surface area contributed by atoms with E-state index in [1.54, 1.807) is 6.92 Å². The van der Waals surface area contributed by atoms with Crippen LogP contribution < -0.4 is 0 Å². The molecule has 0 radical (unpaired) electrons. The van der Waals surface area contributed by atoms with Gasteiger partial charge in [-0.3, -0.25) is 0 Å². The number of halogens is 1. The van der Waals surface area contributed by atoms with E-state index in [0.717, 1.165) is 21.0 Å². The Morgan fingerprint density at radius 2 is 1.92 bits per heavy atom. The fraction of sp³-hybridized carbons (Fsp3) is 0.0526. The van der Waals surface area contributed by atoms with Gasteiger partial charge in [0.15, 0.2) is 11.5 Å². The minimum atomic E-state index is -0.581. The Hall–Kier alpha value is -2.66. The van der Waals surface area contributed by atoms with Gasteiger partial charge in [-0.15, -0.1) is 0 Å². The molecule has 0 bridgehead atoms. The highest BCUT2D eigenvalue weighted by atomic mass is 79.9. The van der Waals surface area contributed by atoms with Crippen LogP contribution in [0.15, 0.2) is 80.8 Å². The molecule has 5 heteroatoms. The van der Waals surface area contributed by atoms with Gasteiger partial charge in [0.1, 0.15) is 5.58 Å². The highest BCUT2D eigenvalue weighted by Crippen LogP contribution is 2.25. The molecule has 1 aromatic heterocycles. The van der Waals surface area contributed by atoms with Crippen molar-refractivity contribution >= 4 is 38.6 Å². The maximum Gasteiger partial charge on any atom is 0.360 e. The van der Waals surface area contributed by atoms with Crippen molar-refractivity contribution in [1.82, 2.24) is 0 Å². The summed E-state index contributed by atoms with van der Waals surface area (Å²) in [6.45, 7) is 5.12. The molecule has 0 N–H and O–H groups in total. The van der Waals surface area contributed by atoms with Gasteiger partial charge in [-0.05, 0) is 31.2 Å². The summed E-state index contributed by atoms with van der Waals surface area (Å²) in [5.41, 5.74) is 2.23. The Balaban J connectivity index is 2.07. The second kappa shape index (κ2) is 6.84. The van der Waals surface area contributed by atoms with Crippen molar-refractivity contribution in [3.63, 3.8) is 0 Å². The Bertz CT molecular complexity index is 942. The summed E-state index contributed by atoms with van der Waals surface area (Å²) in [4.78, 5) is 16.6. The van der Waals surface area contributed by atoms with Crippen molar-refractivity contribution in [2.24, 2.45) is 5.16 Å². The molecule has 0 atom stereocenters. The van der Waals surface area contributed by atoms with Crippen LogP contribution in [0.4, 0.5) is 0 Å². The number of fused-ring (bicyclic) bond motifs is 1. The largest absolute Gasteiger partial charge is 0.454 e. The number of benzene rings is 2. The summed E-state index contributed by atoms with van der Waals surface area (Å²) in [7, 11) is 0. The maximum absolute atomic E-state index is 11.7.